The zero-order valence-electron chi connectivity index (χ0n) is 12.6. The topological polar surface area (TPSA) is 50.2 Å². The maximum Gasteiger partial charge on any atom is 0.155 e. The van der Waals surface area contributed by atoms with Gasteiger partial charge in [0.25, 0.3) is 0 Å². The number of fused-ring (bicyclic) bond motifs is 3. The van der Waals surface area contributed by atoms with E-state index in [0.717, 1.165) is 18.5 Å². The van der Waals surface area contributed by atoms with Gasteiger partial charge < -0.3 is 10.1 Å². The van der Waals surface area contributed by atoms with Gasteiger partial charge in [0, 0.05) is 32.4 Å². The van der Waals surface area contributed by atoms with Crippen LogP contribution in [0.1, 0.15) is 25.0 Å². The Kier molecular flexibility index (Phi) is 7.16. The summed E-state index contributed by atoms with van der Waals surface area (Å²) < 4.78 is 0. The summed E-state index contributed by atoms with van der Waals surface area (Å²) in [7, 11) is 0. The number of allylic oxidation sites excluding steroid dienone is 2. The van der Waals surface area contributed by atoms with E-state index in [1.807, 2.05) is 24.4 Å². The SMILES string of the molecule is CC(=O)/C=C(/C)O.[Ir].[c-]1cccc2c1-c1ncccc1CC2. The van der Waals surface area contributed by atoms with Crippen LogP contribution >= 0.6 is 0 Å². The fourth-order valence-electron chi connectivity index (χ4n) is 2.33. The Hall–Kier alpha value is -1.77. The number of ketones is 1. The summed E-state index contributed by atoms with van der Waals surface area (Å²) in [5, 5.41) is 8.36. The largest absolute Gasteiger partial charge is 0.512 e. The van der Waals surface area contributed by atoms with Crippen molar-refractivity contribution in [2.75, 3.05) is 0 Å². The maximum atomic E-state index is 10.0. The average molecular weight is 473 g/mol. The van der Waals surface area contributed by atoms with Gasteiger partial charge >= 0.3 is 0 Å². The van der Waals surface area contributed by atoms with Gasteiger partial charge in [0.05, 0.1) is 5.76 Å². The number of rotatable bonds is 1. The molecule has 1 aromatic carbocycles. The molecule has 2 aromatic rings. The number of benzene rings is 1. The summed E-state index contributed by atoms with van der Waals surface area (Å²) in [6.07, 6.45) is 5.24. The van der Waals surface area contributed by atoms with Crippen LogP contribution in [0.3, 0.4) is 0 Å². The molecule has 0 spiro atoms. The van der Waals surface area contributed by atoms with Crippen molar-refractivity contribution in [1.82, 2.24) is 4.98 Å². The molecule has 1 N–H and O–H groups in total. The number of aliphatic hydroxyl groups excluding tert-OH is 1. The van der Waals surface area contributed by atoms with Gasteiger partial charge in [-0.2, -0.15) is 0 Å². The molecule has 0 unspecified atom stereocenters. The van der Waals surface area contributed by atoms with Crippen molar-refractivity contribution in [3.05, 3.63) is 65.6 Å². The van der Waals surface area contributed by atoms with Crippen LogP contribution < -0.4 is 0 Å². The molecule has 0 saturated heterocycles. The Labute approximate surface area is 144 Å². The molecule has 0 amide bonds. The van der Waals surface area contributed by atoms with Crippen molar-refractivity contribution in [3.63, 3.8) is 0 Å². The van der Waals surface area contributed by atoms with Gasteiger partial charge in [-0.25, -0.2) is 0 Å². The number of carbonyl (C=O) groups is 1. The minimum Gasteiger partial charge on any atom is -0.512 e. The van der Waals surface area contributed by atoms with E-state index in [1.165, 1.54) is 36.6 Å². The second kappa shape index (κ2) is 8.62. The molecule has 1 aliphatic carbocycles. The summed E-state index contributed by atoms with van der Waals surface area (Å²) in [5.74, 6) is -0.0625. The molecule has 0 bridgehead atoms. The van der Waals surface area contributed by atoms with E-state index < -0.39 is 0 Å². The van der Waals surface area contributed by atoms with E-state index in [9.17, 15) is 4.79 Å². The van der Waals surface area contributed by atoms with Gasteiger partial charge in [0.2, 0.25) is 0 Å². The second-order valence-electron chi connectivity index (χ2n) is 4.98. The van der Waals surface area contributed by atoms with Gasteiger partial charge in [-0.1, -0.05) is 18.1 Å². The summed E-state index contributed by atoms with van der Waals surface area (Å²) in [4.78, 5) is 14.4. The number of aromatic nitrogens is 1. The molecule has 0 atom stereocenters. The summed E-state index contributed by atoms with van der Waals surface area (Å²) in [6, 6.07) is 13.6. The van der Waals surface area contributed by atoms with Crippen LogP contribution in [0.2, 0.25) is 0 Å². The third-order valence-corrected chi connectivity index (χ3v) is 3.15. The average Bonchev–Trinajstić information content (AvgIpc) is 2.46. The second-order valence-corrected chi connectivity index (χ2v) is 4.98. The molecule has 1 radical (unpaired) electrons. The van der Waals surface area contributed by atoms with Crippen molar-refractivity contribution in [1.29, 1.82) is 0 Å². The minimum absolute atomic E-state index is 0. The number of aryl methyl sites for hydroxylation is 2. The van der Waals surface area contributed by atoms with Crippen LogP contribution in [0, 0.1) is 6.07 Å². The molecule has 1 heterocycles. The first kappa shape index (κ1) is 18.3. The number of hydrogen-bond donors (Lipinski definition) is 1. The summed E-state index contributed by atoms with van der Waals surface area (Å²) in [5.41, 5.74) is 5.03. The van der Waals surface area contributed by atoms with Crippen LogP contribution in [0.4, 0.5) is 0 Å². The number of nitrogens with zero attached hydrogens (tertiary/aromatic N) is 1. The molecule has 4 heteroatoms. The first-order valence-corrected chi connectivity index (χ1v) is 6.89. The number of pyridine rings is 1. The quantitative estimate of drug-likeness (QED) is 0.391. The van der Waals surface area contributed by atoms with Crippen molar-refractivity contribution in [2.24, 2.45) is 0 Å². The summed E-state index contributed by atoms with van der Waals surface area (Å²) in [6.45, 7) is 2.85. The van der Waals surface area contributed by atoms with Crippen molar-refractivity contribution >= 4 is 5.78 Å². The molecule has 0 fully saturated rings. The van der Waals surface area contributed by atoms with E-state index in [4.69, 9.17) is 5.11 Å². The molecule has 0 aliphatic heterocycles. The molecule has 1 aliphatic rings. The molecular formula is C18H18IrNO2-. The van der Waals surface area contributed by atoms with Crippen LogP contribution in [0.25, 0.3) is 11.3 Å². The third-order valence-electron chi connectivity index (χ3n) is 3.15. The van der Waals surface area contributed by atoms with Gasteiger partial charge in [-0.05, 0) is 32.0 Å². The third kappa shape index (κ3) is 4.90. The Morgan fingerprint density at radius 3 is 2.55 bits per heavy atom. The Bertz CT molecular complexity index is 631. The molecule has 1 aromatic heterocycles. The molecule has 22 heavy (non-hydrogen) atoms. The standard InChI is InChI=1S/C13H10N.C5H8O2.Ir/c1-2-6-12-10(4-1)7-8-11-5-3-9-14-13(11)12;1-4(6)3-5(2)7;/h1-5,9H,7-8H2;3,6H,1-2H3;/q-1;;/b;4-3-;. The van der Waals surface area contributed by atoms with E-state index in [0.29, 0.717) is 0 Å². The van der Waals surface area contributed by atoms with E-state index in [1.54, 1.807) is 0 Å². The van der Waals surface area contributed by atoms with E-state index >= 15 is 0 Å². The smallest absolute Gasteiger partial charge is 0.155 e. The number of carbonyl (C=O) groups excluding carboxylic acids is 1. The molecule has 3 nitrogen and oxygen atoms in total. The van der Waals surface area contributed by atoms with Gasteiger partial charge in [0.15, 0.2) is 5.78 Å². The van der Waals surface area contributed by atoms with Crippen LogP contribution in [-0.4, -0.2) is 15.9 Å². The predicted molar refractivity (Wildman–Crippen MR) is 83.0 cm³/mol. The first-order chi connectivity index (χ1) is 10.1. The summed E-state index contributed by atoms with van der Waals surface area (Å²) >= 11 is 0. The van der Waals surface area contributed by atoms with Crippen molar-refractivity contribution in [3.8, 4) is 11.3 Å². The zero-order chi connectivity index (χ0) is 15.2. The normalized spacial score (nSPS) is 12.0. The van der Waals surface area contributed by atoms with Crippen molar-refractivity contribution < 1.29 is 30.0 Å². The van der Waals surface area contributed by atoms with Gasteiger partial charge in [-0.3, -0.25) is 4.79 Å². The molecule has 117 valence electrons. The first-order valence-electron chi connectivity index (χ1n) is 6.89. The van der Waals surface area contributed by atoms with E-state index in [-0.39, 0.29) is 31.6 Å². The zero-order valence-corrected chi connectivity index (χ0v) is 15.0. The van der Waals surface area contributed by atoms with Crippen molar-refractivity contribution in [2.45, 2.75) is 26.7 Å². The Balaban J connectivity index is 0.000000264. The Morgan fingerprint density at radius 1 is 1.23 bits per heavy atom. The molecule has 0 saturated carbocycles. The maximum absolute atomic E-state index is 10.0. The van der Waals surface area contributed by atoms with Crippen LogP contribution in [-0.2, 0) is 37.7 Å². The van der Waals surface area contributed by atoms with E-state index in [2.05, 4.69) is 23.2 Å². The Morgan fingerprint density at radius 2 is 1.91 bits per heavy atom. The fourth-order valence-corrected chi connectivity index (χ4v) is 2.33. The number of hydrogen-bond acceptors (Lipinski definition) is 3. The van der Waals surface area contributed by atoms with Crippen LogP contribution in [0.15, 0.2) is 48.4 Å². The van der Waals surface area contributed by atoms with Gasteiger partial charge in [0.1, 0.15) is 0 Å². The van der Waals surface area contributed by atoms with Crippen LogP contribution in [0.5, 0.6) is 0 Å². The molecule has 3 rings (SSSR count). The number of aliphatic hydroxyl groups is 1. The monoisotopic (exact) mass is 473 g/mol. The fraction of sp³-hybridized carbons (Fsp3) is 0.222. The van der Waals surface area contributed by atoms with Gasteiger partial charge in [-0.15, -0.1) is 35.4 Å². The predicted octanol–water partition coefficient (Wildman–Crippen LogP) is 3.68. The molecular weight excluding hydrogens is 454 g/mol. The minimum atomic E-state index is -0.125.